The van der Waals surface area contributed by atoms with Crippen molar-refractivity contribution in [2.45, 2.75) is 19.3 Å². The zero-order valence-corrected chi connectivity index (χ0v) is 20.5. The number of benzene rings is 3. The summed E-state index contributed by atoms with van der Waals surface area (Å²) in [5.74, 6) is -0.178. The number of aliphatic carboxylic acids is 1. The van der Waals surface area contributed by atoms with E-state index in [1.807, 2.05) is 54.6 Å². The number of rotatable bonds is 11. The molecule has 2 N–H and O–H groups in total. The van der Waals surface area contributed by atoms with Crippen LogP contribution in [0.15, 0.2) is 72.8 Å². The molecule has 0 aromatic heterocycles. The van der Waals surface area contributed by atoms with Gasteiger partial charge in [0.1, 0.15) is 23.9 Å². The van der Waals surface area contributed by atoms with Crippen LogP contribution < -0.4 is 49.5 Å². The first kappa shape index (κ1) is 26.4. The molecule has 0 saturated heterocycles. The number of hydrogen-bond acceptors (Lipinski definition) is 6. The molecule has 0 fully saturated rings. The SMILES string of the molecule is O=C([O-])CCCCOc1cc(Oc2cccc(-c3ccccc3)c2)ccc1NC(=O)CO.[Na+]. The van der Waals surface area contributed by atoms with Gasteiger partial charge in [-0.3, -0.25) is 4.79 Å². The number of aliphatic hydroxyl groups is 1. The summed E-state index contributed by atoms with van der Waals surface area (Å²) in [6.07, 6.45) is 0.882. The zero-order valence-electron chi connectivity index (χ0n) is 18.5. The van der Waals surface area contributed by atoms with E-state index in [0.29, 0.717) is 35.8 Å². The maximum Gasteiger partial charge on any atom is 1.00 e. The summed E-state index contributed by atoms with van der Waals surface area (Å²) in [7, 11) is 0. The van der Waals surface area contributed by atoms with E-state index in [9.17, 15) is 14.7 Å². The van der Waals surface area contributed by atoms with Crippen LogP contribution in [0.4, 0.5) is 5.69 Å². The molecular weight excluding hydrogens is 433 g/mol. The fourth-order valence-corrected chi connectivity index (χ4v) is 3.04. The number of unbranched alkanes of at least 4 members (excludes halogenated alkanes) is 1. The number of nitrogens with one attached hydrogen (secondary N) is 1. The quantitative estimate of drug-likeness (QED) is 0.318. The standard InChI is InChI=1S/C25H25NO6.Na/c27-17-24(28)26-22-13-12-21(16-23(22)31-14-5-4-11-25(29)30)32-20-10-6-9-19(15-20)18-7-2-1-3-8-18;/h1-3,6-10,12-13,15-16,27H,4-5,11,14,17H2,(H,26,28)(H,29,30);/q;+1/p-1. The number of carboxylic acid groups (broad SMARTS) is 1. The first-order valence-electron chi connectivity index (χ1n) is 10.3. The van der Waals surface area contributed by atoms with Gasteiger partial charge in [0.2, 0.25) is 5.91 Å². The number of ether oxygens (including phenoxy) is 2. The van der Waals surface area contributed by atoms with Crippen LogP contribution in [0, 0.1) is 0 Å². The molecule has 166 valence electrons. The first-order chi connectivity index (χ1) is 15.5. The van der Waals surface area contributed by atoms with Gasteiger partial charge >= 0.3 is 29.6 Å². The van der Waals surface area contributed by atoms with Gasteiger partial charge in [-0.15, -0.1) is 0 Å². The molecule has 0 spiro atoms. The molecule has 0 bridgehead atoms. The Hall–Kier alpha value is -2.84. The summed E-state index contributed by atoms with van der Waals surface area (Å²) in [5.41, 5.74) is 2.47. The van der Waals surface area contributed by atoms with Gasteiger partial charge in [0, 0.05) is 12.0 Å². The molecule has 0 aliphatic rings. The molecule has 0 saturated carbocycles. The smallest absolute Gasteiger partial charge is 0.550 e. The van der Waals surface area contributed by atoms with Gasteiger partial charge in [-0.2, -0.15) is 0 Å². The topological polar surface area (TPSA) is 108 Å². The van der Waals surface area contributed by atoms with Crippen molar-refractivity contribution in [2.24, 2.45) is 0 Å². The summed E-state index contributed by atoms with van der Waals surface area (Å²) in [4.78, 5) is 22.1. The van der Waals surface area contributed by atoms with Crippen molar-refractivity contribution in [3.63, 3.8) is 0 Å². The third kappa shape index (κ3) is 8.55. The molecular formula is C25H24NNaO6. The Balaban J connectivity index is 0.00000385. The largest absolute Gasteiger partial charge is 1.00 e. The number of hydrogen-bond donors (Lipinski definition) is 2. The summed E-state index contributed by atoms with van der Waals surface area (Å²) in [6.45, 7) is -0.405. The van der Waals surface area contributed by atoms with Gasteiger partial charge < -0.3 is 29.8 Å². The van der Waals surface area contributed by atoms with Gasteiger partial charge in [0.05, 0.1) is 12.3 Å². The molecule has 0 aliphatic heterocycles. The minimum Gasteiger partial charge on any atom is -0.550 e. The number of carboxylic acids is 1. The van der Waals surface area contributed by atoms with Crippen molar-refractivity contribution in [3.8, 4) is 28.4 Å². The Labute approximate surface area is 214 Å². The van der Waals surface area contributed by atoms with Crippen molar-refractivity contribution in [1.29, 1.82) is 0 Å². The number of carbonyl (C=O) groups excluding carboxylic acids is 2. The van der Waals surface area contributed by atoms with Gasteiger partial charge in [-0.1, -0.05) is 42.5 Å². The molecule has 0 aliphatic carbocycles. The molecule has 0 unspecified atom stereocenters. The number of aliphatic hydroxyl groups excluding tert-OH is 1. The number of carbonyl (C=O) groups is 2. The molecule has 3 rings (SSSR count). The van der Waals surface area contributed by atoms with E-state index in [4.69, 9.17) is 14.6 Å². The molecule has 0 atom stereocenters. The van der Waals surface area contributed by atoms with Gasteiger partial charge in [-0.05, 0) is 54.7 Å². The van der Waals surface area contributed by atoms with E-state index in [2.05, 4.69) is 5.32 Å². The Morgan fingerprint density at radius 2 is 1.61 bits per heavy atom. The zero-order chi connectivity index (χ0) is 22.8. The molecule has 33 heavy (non-hydrogen) atoms. The summed E-state index contributed by atoms with van der Waals surface area (Å²) >= 11 is 0. The number of amides is 1. The normalized spacial score (nSPS) is 10.1. The minimum absolute atomic E-state index is 0. The third-order valence-corrected chi connectivity index (χ3v) is 4.58. The Morgan fingerprint density at radius 1 is 0.879 bits per heavy atom. The van der Waals surface area contributed by atoms with Crippen molar-refractivity contribution in [3.05, 3.63) is 72.8 Å². The van der Waals surface area contributed by atoms with Gasteiger partial charge in [0.15, 0.2) is 0 Å². The summed E-state index contributed by atoms with van der Waals surface area (Å²) in [5, 5.41) is 22.1. The van der Waals surface area contributed by atoms with E-state index < -0.39 is 18.5 Å². The molecule has 8 heteroatoms. The number of anilines is 1. The second-order valence-corrected chi connectivity index (χ2v) is 7.04. The van der Waals surface area contributed by atoms with Crippen molar-refractivity contribution < 1.29 is 58.8 Å². The van der Waals surface area contributed by atoms with E-state index in [1.54, 1.807) is 18.2 Å². The van der Waals surface area contributed by atoms with Crippen LogP contribution in [0.5, 0.6) is 17.2 Å². The van der Waals surface area contributed by atoms with Crippen LogP contribution in [-0.4, -0.2) is 30.2 Å². The van der Waals surface area contributed by atoms with Crippen LogP contribution in [-0.2, 0) is 9.59 Å². The maximum atomic E-state index is 11.6. The minimum atomic E-state index is -1.10. The molecule has 7 nitrogen and oxygen atoms in total. The van der Waals surface area contributed by atoms with Crippen molar-refractivity contribution in [2.75, 3.05) is 18.5 Å². The molecule has 0 radical (unpaired) electrons. The Kier molecular flexibility index (Phi) is 10.9. The first-order valence-corrected chi connectivity index (χ1v) is 10.3. The molecule has 1 amide bonds. The predicted octanol–water partition coefficient (Wildman–Crippen LogP) is 0.380. The molecule has 3 aromatic rings. The van der Waals surface area contributed by atoms with E-state index >= 15 is 0 Å². The van der Waals surface area contributed by atoms with Crippen LogP contribution in [0.1, 0.15) is 19.3 Å². The van der Waals surface area contributed by atoms with Crippen molar-refractivity contribution in [1.82, 2.24) is 0 Å². The summed E-state index contributed by atoms with van der Waals surface area (Å²) in [6, 6.07) is 22.6. The average Bonchev–Trinajstić information content (AvgIpc) is 2.81. The third-order valence-electron chi connectivity index (χ3n) is 4.58. The van der Waals surface area contributed by atoms with E-state index in [1.165, 1.54) is 0 Å². The predicted molar refractivity (Wildman–Crippen MR) is 118 cm³/mol. The second kappa shape index (κ2) is 13.6. The maximum absolute atomic E-state index is 11.6. The van der Waals surface area contributed by atoms with Gasteiger partial charge in [-0.25, -0.2) is 0 Å². The van der Waals surface area contributed by atoms with Crippen molar-refractivity contribution >= 4 is 17.6 Å². The van der Waals surface area contributed by atoms with Crippen LogP contribution in [0.25, 0.3) is 11.1 Å². The Bertz CT molecular complexity index is 1060. The van der Waals surface area contributed by atoms with Crippen LogP contribution in [0.2, 0.25) is 0 Å². The van der Waals surface area contributed by atoms with Gasteiger partial charge in [0.25, 0.3) is 0 Å². The molecule has 0 heterocycles. The van der Waals surface area contributed by atoms with E-state index in [-0.39, 0.29) is 42.6 Å². The van der Waals surface area contributed by atoms with Crippen LogP contribution >= 0.6 is 0 Å². The summed E-state index contributed by atoms with van der Waals surface area (Å²) < 4.78 is 11.7. The molecule has 3 aromatic carbocycles. The van der Waals surface area contributed by atoms with E-state index in [0.717, 1.165) is 11.1 Å². The average molecular weight is 457 g/mol. The fourth-order valence-electron chi connectivity index (χ4n) is 3.04. The second-order valence-electron chi connectivity index (χ2n) is 7.04. The van der Waals surface area contributed by atoms with Crippen LogP contribution in [0.3, 0.4) is 0 Å². The fraction of sp³-hybridized carbons (Fsp3) is 0.200. The monoisotopic (exact) mass is 457 g/mol. The Morgan fingerprint density at radius 3 is 2.33 bits per heavy atom.